The van der Waals surface area contributed by atoms with Crippen molar-refractivity contribution in [1.82, 2.24) is 9.36 Å². The minimum atomic E-state index is 0.693. The normalized spacial score (nSPS) is 10.8. The molecule has 0 spiro atoms. The minimum absolute atomic E-state index is 0.693. The van der Waals surface area contributed by atoms with Crippen molar-refractivity contribution in [2.45, 2.75) is 26.2 Å². The zero-order chi connectivity index (χ0) is 17.6. The molecular formula is C19H22N2O3S. The van der Waals surface area contributed by atoms with E-state index >= 15 is 0 Å². The number of unbranched alkanes of at least 4 members (excludes halogenated alkanes) is 2. The highest BCUT2D eigenvalue weighted by Gasteiger charge is 2.12. The molecule has 0 bridgehead atoms. The zero-order valence-corrected chi connectivity index (χ0v) is 15.6. The predicted octanol–water partition coefficient (Wildman–Crippen LogP) is 4.94. The summed E-state index contributed by atoms with van der Waals surface area (Å²) in [6, 6.07) is 7.84. The standard InChI is InChI=1S/C19H22N2O3S/c1-4-5-6-9-24-19-18-15(21-25-19)10-14(12-20-18)13-7-8-16(22-2)17(11-13)23-3/h7-8,10-12H,4-6,9H2,1-3H3. The fourth-order valence-electron chi connectivity index (χ4n) is 2.60. The van der Waals surface area contributed by atoms with Crippen LogP contribution in [0.5, 0.6) is 16.6 Å². The Morgan fingerprint density at radius 1 is 1.00 bits per heavy atom. The monoisotopic (exact) mass is 358 g/mol. The van der Waals surface area contributed by atoms with Crippen LogP contribution in [-0.4, -0.2) is 30.2 Å². The molecule has 0 radical (unpaired) electrons. The largest absolute Gasteiger partial charge is 0.493 e. The Balaban J connectivity index is 1.84. The maximum Gasteiger partial charge on any atom is 0.220 e. The van der Waals surface area contributed by atoms with Gasteiger partial charge < -0.3 is 14.2 Å². The van der Waals surface area contributed by atoms with Gasteiger partial charge in [-0.3, -0.25) is 0 Å². The molecule has 0 unspecified atom stereocenters. The molecule has 0 fully saturated rings. The van der Waals surface area contributed by atoms with Crippen molar-refractivity contribution in [2.24, 2.45) is 0 Å². The molecule has 2 heterocycles. The van der Waals surface area contributed by atoms with Gasteiger partial charge in [-0.1, -0.05) is 25.8 Å². The average Bonchev–Trinajstić information content (AvgIpc) is 3.07. The molecule has 0 aliphatic heterocycles. The lowest BCUT2D eigenvalue weighted by atomic mass is 10.1. The number of nitrogens with zero attached hydrogens (tertiary/aromatic N) is 2. The van der Waals surface area contributed by atoms with Gasteiger partial charge in [0.25, 0.3) is 0 Å². The molecule has 5 nitrogen and oxygen atoms in total. The fraction of sp³-hybridized carbons (Fsp3) is 0.368. The molecule has 0 atom stereocenters. The summed E-state index contributed by atoms with van der Waals surface area (Å²) in [5.41, 5.74) is 3.66. The van der Waals surface area contributed by atoms with Crippen LogP contribution in [-0.2, 0) is 0 Å². The van der Waals surface area contributed by atoms with Crippen LogP contribution in [0.15, 0.2) is 30.5 Å². The summed E-state index contributed by atoms with van der Waals surface area (Å²) < 4.78 is 21.0. The first-order valence-corrected chi connectivity index (χ1v) is 9.14. The lowest BCUT2D eigenvalue weighted by Crippen LogP contribution is -1.96. The van der Waals surface area contributed by atoms with E-state index in [0.717, 1.165) is 33.6 Å². The van der Waals surface area contributed by atoms with Crippen LogP contribution in [0.1, 0.15) is 26.2 Å². The van der Waals surface area contributed by atoms with E-state index in [1.807, 2.05) is 30.5 Å². The van der Waals surface area contributed by atoms with E-state index in [9.17, 15) is 0 Å². The Hall–Kier alpha value is -2.34. The second kappa shape index (κ2) is 8.16. The van der Waals surface area contributed by atoms with E-state index < -0.39 is 0 Å². The number of methoxy groups -OCH3 is 2. The lowest BCUT2D eigenvalue weighted by molar-refractivity contribution is 0.317. The Morgan fingerprint density at radius 3 is 2.60 bits per heavy atom. The summed E-state index contributed by atoms with van der Waals surface area (Å²) in [7, 11) is 3.26. The number of benzene rings is 1. The number of hydrogen-bond donors (Lipinski definition) is 0. The molecule has 132 valence electrons. The van der Waals surface area contributed by atoms with Gasteiger partial charge in [0.2, 0.25) is 5.06 Å². The van der Waals surface area contributed by atoms with E-state index in [-0.39, 0.29) is 0 Å². The first kappa shape index (κ1) is 17.5. The van der Waals surface area contributed by atoms with Gasteiger partial charge in [0.05, 0.1) is 20.8 Å². The summed E-state index contributed by atoms with van der Waals surface area (Å²) in [6.45, 7) is 2.89. The van der Waals surface area contributed by atoms with E-state index in [4.69, 9.17) is 14.2 Å². The highest BCUT2D eigenvalue weighted by molar-refractivity contribution is 7.09. The third-order valence-electron chi connectivity index (χ3n) is 3.99. The van der Waals surface area contributed by atoms with Crippen molar-refractivity contribution in [2.75, 3.05) is 20.8 Å². The summed E-state index contributed by atoms with van der Waals surface area (Å²) in [6.07, 6.45) is 5.25. The quantitative estimate of drug-likeness (QED) is 0.534. The van der Waals surface area contributed by atoms with Gasteiger partial charge in [-0.2, -0.15) is 4.37 Å². The van der Waals surface area contributed by atoms with Gasteiger partial charge in [-0.15, -0.1) is 0 Å². The van der Waals surface area contributed by atoms with Gasteiger partial charge in [0.1, 0.15) is 11.0 Å². The van der Waals surface area contributed by atoms with Crippen LogP contribution in [0.3, 0.4) is 0 Å². The van der Waals surface area contributed by atoms with Crippen LogP contribution < -0.4 is 14.2 Å². The zero-order valence-electron chi connectivity index (χ0n) is 14.7. The smallest absolute Gasteiger partial charge is 0.220 e. The van der Waals surface area contributed by atoms with Gasteiger partial charge in [0, 0.05) is 23.3 Å². The van der Waals surface area contributed by atoms with Crippen molar-refractivity contribution < 1.29 is 14.2 Å². The van der Waals surface area contributed by atoms with Crippen molar-refractivity contribution in [1.29, 1.82) is 0 Å². The number of fused-ring (bicyclic) bond motifs is 1. The highest BCUT2D eigenvalue weighted by atomic mass is 32.1. The number of pyridine rings is 1. The molecule has 0 aliphatic carbocycles. The molecule has 0 saturated heterocycles. The highest BCUT2D eigenvalue weighted by Crippen LogP contribution is 2.35. The predicted molar refractivity (Wildman–Crippen MR) is 101 cm³/mol. The van der Waals surface area contributed by atoms with Gasteiger partial charge >= 0.3 is 0 Å². The first-order valence-electron chi connectivity index (χ1n) is 8.37. The number of hydrogen-bond acceptors (Lipinski definition) is 6. The van der Waals surface area contributed by atoms with E-state index in [0.29, 0.717) is 18.1 Å². The number of rotatable bonds is 8. The third-order valence-corrected chi connectivity index (χ3v) is 4.75. The molecule has 3 aromatic rings. The molecule has 0 N–H and O–H groups in total. The van der Waals surface area contributed by atoms with Gasteiger partial charge in [-0.25, -0.2) is 4.98 Å². The van der Waals surface area contributed by atoms with Crippen LogP contribution >= 0.6 is 11.5 Å². The first-order chi connectivity index (χ1) is 12.3. The Kier molecular flexibility index (Phi) is 5.71. The molecule has 1 aromatic carbocycles. The average molecular weight is 358 g/mol. The molecule has 0 amide bonds. The SMILES string of the molecule is CCCCCOc1snc2cc(-c3ccc(OC)c(OC)c3)cnc12. The Bertz CT molecular complexity index is 848. The molecular weight excluding hydrogens is 336 g/mol. The topological polar surface area (TPSA) is 53.5 Å². The summed E-state index contributed by atoms with van der Waals surface area (Å²) >= 11 is 1.36. The van der Waals surface area contributed by atoms with Gasteiger partial charge in [-0.05, 0) is 30.2 Å². The Labute approximate surface area is 151 Å². The molecule has 6 heteroatoms. The molecule has 3 rings (SSSR count). The van der Waals surface area contributed by atoms with Gasteiger partial charge in [0.15, 0.2) is 11.5 Å². The molecule has 0 aliphatic rings. The third kappa shape index (κ3) is 3.85. The van der Waals surface area contributed by atoms with Crippen LogP contribution in [0.4, 0.5) is 0 Å². The molecule has 0 saturated carbocycles. The van der Waals surface area contributed by atoms with Crippen LogP contribution in [0.2, 0.25) is 0 Å². The second-order valence-electron chi connectivity index (χ2n) is 5.69. The summed E-state index contributed by atoms with van der Waals surface area (Å²) in [5.74, 6) is 1.40. The van der Waals surface area contributed by atoms with E-state index in [2.05, 4.69) is 16.3 Å². The minimum Gasteiger partial charge on any atom is -0.493 e. The van der Waals surface area contributed by atoms with Crippen LogP contribution in [0.25, 0.3) is 22.2 Å². The van der Waals surface area contributed by atoms with E-state index in [1.54, 1.807) is 14.2 Å². The summed E-state index contributed by atoms with van der Waals surface area (Å²) in [4.78, 5) is 4.57. The van der Waals surface area contributed by atoms with Crippen LogP contribution in [0, 0.1) is 0 Å². The maximum absolute atomic E-state index is 5.83. The number of aromatic nitrogens is 2. The lowest BCUT2D eigenvalue weighted by Gasteiger charge is -2.09. The van der Waals surface area contributed by atoms with Crippen molar-refractivity contribution in [3.63, 3.8) is 0 Å². The van der Waals surface area contributed by atoms with Crippen molar-refractivity contribution >= 4 is 22.6 Å². The summed E-state index contributed by atoms with van der Waals surface area (Å²) in [5, 5.41) is 0.796. The Morgan fingerprint density at radius 2 is 1.84 bits per heavy atom. The second-order valence-corrected chi connectivity index (χ2v) is 6.42. The number of ether oxygens (including phenoxy) is 3. The van der Waals surface area contributed by atoms with Crippen molar-refractivity contribution in [3.05, 3.63) is 30.5 Å². The van der Waals surface area contributed by atoms with E-state index in [1.165, 1.54) is 24.4 Å². The molecule has 25 heavy (non-hydrogen) atoms. The maximum atomic E-state index is 5.83. The molecule has 2 aromatic heterocycles. The van der Waals surface area contributed by atoms with Crippen molar-refractivity contribution in [3.8, 4) is 27.7 Å². The fourth-order valence-corrected chi connectivity index (χ4v) is 3.30.